The maximum Gasteiger partial charge on any atom is 0.0379 e. The van der Waals surface area contributed by atoms with Gasteiger partial charge in [-0.2, -0.15) is 0 Å². The molecule has 0 aliphatic heterocycles. The Morgan fingerprint density at radius 2 is 1.31 bits per heavy atom. The molecule has 2 heterocycles. The number of pyridine rings is 2. The summed E-state index contributed by atoms with van der Waals surface area (Å²) in [6.07, 6.45) is 3.66. The van der Waals surface area contributed by atoms with Crippen molar-refractivity contribution >= 4 is 43.2 Å². The van der Waals surface area contributed by atoms with E-state index in [9.17, 15) is 4.39 Å². The molecule has 0 aliphatic rings. The third-order valence-electron chi connectivity index (χ3n) is 6.10. The van der Waals surface area contributed by atoms with Crippen LogP contribution < -0.4 is 0 Å². The zero-order valence-corrected chi connectivity index (χ0v) is 21.5. The standard InChI is InChI=1S/C21H12N.C11H7FN.Ir/c1-3-7-16-14(5-1)9-10-20-18(16)11-12-19-17-8-4-2-6-15(17)13-22-21(19)20;12-10-6-4-9(5-7-10)11-3-1-2-8-13-11;/h1-9,11-13H;1-4,6-8H;/q2*-1;. The number of rotatable bonds is 1. The summed E-state index contributed by atoms with van der Waals surface area (Å²) in [5.41, 5.74) is 2.64. The van der Waals surface area contributed by atoms with Gasteiger partial charge in [0.1, 0.15) is 0 Å². The van der Waals surface area contributed by atoms with Gasteiger partial charge in [0.25, 0.3) is 0 Å². The van der Waals surface area contributed by atoms with E-state index < -0.39 is 0 Å². The van der Waals surface area contributed by atoms with Crippen molar-refractivity contribution in [2.75, 3.05) is 0 Å². The van der Waals surface area contributed by atoms with E-state index in [0.717, 1.165) is 22.2 Å². The molecule has 0 atom stereocenters. The Bertz CT molecular complexity index is 1700. The first-order valence-corrected chi connectivity index (χ1v) is 11.4. The van der Waals surface area contributed by atoms with Crippen molar-refractivity contribution in [3.8, 4) is 11.3 Å². The number of nitrogens with zero attached hydrogens (tertiary/aromatic N) is 2. The maximum atomic E-state index is 12.6. The Morgan fingerprint density at radius 1 is 0.583 bits per heavy atom. The molecule has 0 amide bonds. The summed E-state index contributed by atoms with van der Waals surface area (Å²) in [6, 6.07) is 39.5. The fraction of sp³-hybridized carbons (Fsp3) is 0. The van der Waals surface area contributed by atoms with Crippen LogP contribution in [0.2, 0.25) is 0 Å². The molecule has 0 saturated carbocycles. The third kappa shape index (κ3) is 4.49. The molecule has 0 unspecified atom stereocenters. The molecular formula is C32H19FIrN2-2. The molecule has 0 aliphatic carbocycles. The average molecular weight is 643 g/mol. The van der Waals surface area contributed by atoms with Crippen molar-refractivity contribution in [1.82, 2.24) is 9.97 Å². The average Bonchev–Trinajstić information content (AvgIpc) is 2.93. The van der Waals surface area contributed by atoms with Gasteiger partial charge >= 0.3 is 0 Å². The van der Waals surface area contributed by atoms with Gasteiger partial charge in [-0.3, -0.25) is 4.39 Å². The van der Waals surface area contributed by atoms with Gasteiger partial charge in [-0.1, -0.05) is 89.0 Å². The van der Waals surface area contributed by atoms with Crippen LogP contribution in [0.5, 0.6) is 0 Å². The van der Waals surface area contributed by atoms with E-state index in [-0.39, 0.29) is 25.9 Å². The Balaban J connectivity index is 0.000000164. The van der Waals surface area contributed by atoms with Crippen LogP contribution in [0.3, 0.4) is 0 Å². The molecule has 0 bridgehead atoms. The number of benzene rings is 5. The molecule has 36 heavy (non-hydrogen) atoms. The first-order chi connectivity index (χ1) is 17.3. The number of hydrogen-bond acceptors (Lipinski definition) is 2. The minimum atomic E-state index is -0.278. The van der Waals surface area contributed by atoms with Gasteiger partial charge < -0.3 is 9.97 Å². The molecule has 175 valence electrons. The van der Waals surface area contributed by atoms with E-state index in [1.165, 1.54) is 44.5 Å². The predicted octanol–water partition coefficient (Wildman–Crippen LogP) is 8.18. The van der Waals surface area contributed by atoms with Gasteiger partial charge in [0.05, 0.1) is 0 Å². The molecule has 0 saturated heterocycles. The summed E-state index contributed by atoms with van der Waals surface area (Å²) in [7, 11) is 0. The van der Waals surface area contributed by atoms with Crippen molar-refractivity contribution in [3.63, 3.8) is 0 Å². The summed E-state index contributed by atoms with van der Waals surface area (Å²) >= 11 is 0. The molecule has 0 fully saturated rings. The smallest absolute Gasteiger partial charge is 0.0379 e. The fourth-order valence-corrected chi connectivity index (χ4v) is 4.41. The van der Waals surface area contributed by atoms with Crippen molar-refractivity contribution in [2.45, 2.75) is 0 Å². The second kappa shape index (κ2) is 10.3. The summed E-state index contributed by atoms with van der Waals surface area (Å²) in [5.74, 6) is -0.278. The van der Waals surface area contributed by atoms with Gasteiger partial charge in [-0.15, -0.1) is 47.3 Å². The Labute approximate surface area is 221 Å². The van der Waals surface area contributed by atoms with Crippen LogP contribution >= 0.6 is 0 Å². The van der Waals surface area contributed by atoms with Crippen LogP contribution in [0, 0.1) is 17.9 Å². The maximum absolute atomic E-state index is 12.6. The Hall–Kier alpha value is -3.98. The van der Waals surface area contributed by atoms with Crippen LogP contribution in [-0.2, 0) is 20.1 Å². The molecule has 0 N–H and O–H groups in total. The third-order valence-corrected chi connectivity index (χ3v) is 6.10. The minimum Gasteiger partial charge on any atom is -0.305 e. The van der Waals surface area contributed by atoms with Crippen molar-refractivity contribution in [3.05, 3.63) is 133 Å². The Morgan fingerprint density at radius 3 is 2.06 bits per heavy atom. The molecule has 4 heteroatoms. The van der Waals surface area contributed by atoms with Gasteiger partial charge in [-0.25, -0.2) is 0 Å². The van der Waals surface area contributed by atoms with Crippen LogP contribution in [0.25, 0.3) is 54.5 Å². The van der Waals surface area contributed by atoms with Crippen LogP contribution in [0.1, 0.15) is 0 Å². The van der Waals surface area contributed by atoms with Gasteiger partial charge in [0, 0.05) is 38.3 Å². The van der Waals surface area contributed by atoms with Crippen LogP contribution in [0.15, 0.2) is 116 Å². The predicted molar refractivity (Wildman–Crippen MR) is 142 cm³/mol. The van der Waals surface area contributed by atoms with Gasteiger partial charge in [-0.05, 0) is 33.4 Å². The first kappa shape index (κ1) is 23.7. The quantitative estimate of drug-likeness (QED) is 0.133. The number of hydrogen-bond donors (Lipinski definition) is 0. The zero-order valence-electron chi connectivity index (χ0n) is 19.1. The molecule has 1 radical (unpaired) electrons. The number of aromatic nitrogens is 2. The molecule has 7 aromatic rings. The first-order valence-electron chi connectivity index (χ1n) is 11.4. The molecule has 2 aromatic heterocycles. The van der Waals surface area contributed by atoms with E-state index in [1.54, 1.807) is 12.3 Å². The van der Waals surface area contributed by atoms with E-state index >= 15 is 0 Å². The fourth-order valence-electron chi connectivity index (χ4n) is 4.41. The summed E-state index contributed by atoms with van der Waals surface area (Å²) in [4.78, 5) is 8.84. The van der Waals surface area contributed by atoms with Crippen molar-refractivity contribution < 1.29 is 24.5 Å². The van der Waals surface area contributed by atoms with Crippen LogP contribution in [-0.4, -0.2) is 9.97 Å². The minimum absolute atomic E-state index is 0. The summed E-state index contributed by atoms with van der Waals surface area (Å²) < 4.78 is 12.6. The molecular weight excluding hydrogens is 624 g/mol. The van der Waals surface area contributed by atoms with E-state index in [1.807, 2.05) is 24.4 Å². The SMILES string of the molecule is Fc1c[c-]c(-c2ccccn2)cc1.[Ir].[c-]1cc2ccccc2c2ccc3c4ccccc4cnc3c12. The van der Waals surface area contributed by atoms with Crippen molar-refractivity contribution in [2.24, 2.45) is 0 Å². The molecule has 2 nitrogen and oxygen atoms in total. The van der Waals surface area contributed by atoms with E-state index in [0.29, 0.717) is 0 Å². The molecule has 0 spiro atoms. The second-order valence-corrected chi connectivity index (χ2v) is 8.24. The summed E-state index contributed by atoms with van der Waals surface area (Å²) in [6.45, 7) is 0. The Kier molecular flexibility index (Phi) is 6.81. The summed E-state index contributed by atoms with van der Waals surface area (Å²) in [5, 5.41) is 8.40. The molecule has 5 aromatic carbocycles. The van der Waals surface area contributed by atoms with Crippen molar-refractivity contribution in [1.29, 1.82) is 0 Å². The van der Waals surface area contributed by atoms with Gasteiger partial charge in [0.2, 0.25) is 0 Å². The molecule has 7 rings (SSSR count). The van der Waals surface area contributed by atoms with E-state index in [4.69, 9.17) is 4.98 Å². The van der Waals surface area contributed by atoms with Crippen LogP contribution in [0.4, 0.5) is 4.39 Å². The van der Waals surface area contributed by atoms with E-state index in [2.05, 4.69) is 83.8 Å². The largest absolute Gasteiger partial charge is 0.305 e. The normalized spacial score (nSPS) is 10.7. The second-order valence-electron chi connectivity index (χ2n) is 8.24. The number of halogens is 1. The van der Waals surface area contributed by atoms with Gasteiger partial charge in [0.15, 0.2) is 0 Å². The number of fused-ring (bicyclic) bond motifs is 7. The zero-order chi connectivity index (χ0) is 23.6. The topological polar surface area (TPSA) is 25.8 Å². The monoisotopic (exact) mass is 643 g/mol.